The van der Waals surface area contributed by atoms with Crippen molar-refractivity contribution in [2.45, 2.75) is 18.8 Å². The number of hydrogen-bond donors (Lipinski definition) is 1. The molecule has 1 aromatic heterocycles. The standard InChI is InChI=1S/C13H12N2O2/c16-8-10-7-13(9-1-2-9)15(14-10)11-3-5-12(17)6-4-11/h3-9,17H,1-2H2. The number of rotatable bonds is 3. The number of phenols is 1. The van der Waals surface area contributed by atoms with Crippen molar-refractivity contribution in [2.75, 3.05) is 0 Å². The SMILES string of the molecule is O=Cc1cc(C2CC2)n(-c2ccc(O)cc2)n1. The third kappa shape index (κ3) is 1.82. The molecule has 2 aromatic rings. The lowest BCUT2D eigenvalue weighted by Gasteiger charge is -2.06. The molecule has 1 N–H and O–H groups in total. The summed E-state index contributed by atoms with van der Waals surface area (Å²) >= 11 is 0. The summed E-state index contributed by atoms with van der Waals surface area (Å²) in [7, 11) is 0. The van der Waals surface area contributed by atoms with Crippen LogP contribution < -0.4 is 0 Å². The molecule has 86 valence electrons. The molecule has 1 heterocycles. The van der Waals surface area contributed by atoms with E-state index in [0.717, 1.165) is 30.5 Å². The second-order valence-electron chi connectivity index (χ2n) is 4.31. The Morgan fingerprint density at radius 3 is 2.59 bits per heavy atom. The molecule has 4 nitrogen and oxygen atoms in total. The molecule has 0 aliphatic heterocycles. The van der Waals surface area contributed by atoms with Crippen molar-refractivity contribution in [1.29, 1.82) is 0 Å². The van der Waals surface area contributed by atoms with Crippen LogP contribution in [0.25, 0.3) is 5.69 Å². The maximum Gasteiger partial charge on any atom is 0.170 e. The smallest absolute Gasteiger partial charge is 0.170 e. The Morgan fingerprint density at radius 2 is 2.00 bits per heavy atom. The molecule has 1 fully saturated rings. The fourth-order valence-electron chi connectivity index (χ4n) is 1.94. The number of carbonyl (C=O) groups is 1. The Balaban J connectivity index is 2.08. The summed E-state index contributed by atoms with van der Waals surface area (Å²) < 4.78 is 1.79. The first-order chi connectivity index (χ1) is 8.28. The normalized spacial score (nSPS) is 14.8. The lowest BCUT2D eigenvalue weighted by atomic mass is 10.2. The van der Waals surface area contributed by atoms with Crippen LogP contribution in [0.5, 0.6) is 5.75 Å². The van der Waals surface area contributed by atoms with E-state index in [4.69, 9.17) is 0 Å². The van der Waals surface area contributed by atoms with Crippen LogP contribution in [0.4, 0.5) is 0 Å². The highest BCUT2D eigenvalue weighted by Gasteiger charge is 2.28. The van der Waals surface area contributed by atoms with Crippen molar-refractivity contribution >= 4 is 6.29 Å². The van der Waals surface area contributed by atoms with Gasteiger partial charge < -0.3 is 5.11 Å². The molecule has 1 aliphatic carbocycles. The van der Waals surface area contributed by atoms with Crippen LogP contribution >= 0.6 is 0 Å². The molecule has 0 spiro atoms. The summed E-state index contributed by atoms with van der Waals surface area (Å²) in [5.41, 5.74) is 2.41. The topological polar surface area (TPSA) is 55.1 Å². The van der Waals surface area contributed by atoms with Gasteiger partial charge in [-0.25, -0.2) is 4.68 Å². The van der Waals surface area contributed by atoms with Crippen LogP contribution in [-0.4, -0.2) is 21.2 Å². The third-order valence-electron chi connectivity index (χ3n) is 2.97. The van der Waals surface area contributed by atoms with Crippen LogP contribution in [-0.2, 0) is 0 Å². The first-order valence-corrected chi connectivity index (χ1v) is 5.62. The lowest BCUT2D eigenvalue weighted by Crippen LogP contribution is -2.01. The fraction of sp³-hybridized carbons (Fsp3) is 0.231. The van der Waals surface area contributed by atoms with Gasteiger partial charge in [0.2, 0.25) is 0 Å². The van der Waals surface area contributed by atoms with Crippen LogP contribution in [0, 0.1) is 0 Å². The van der Waals surface area contributed by atoms with E-state index < -0.39 is 0 Å². The molecule has 4 heteroatoms. The highest BCUT2D eigenvalue weighted by molar-refractivity contribution is 5.72. The van der Waals surface area contributed by atoms with Gasteiger partial charge in [0, 0.05) is 11.6 Å². The molecule has 0 bridgehead atoms. The molecular formula is C13H12N2O2. The van der Waals surface area contributed by atoms with E-state index in [1.165, 1.54) is 0 Å². The van der Waals surface area contributed by atoms with Crippen molar-refractivity contribution in [3.05, 3.63) is 41.7 Å². The Hall–Kier alpha value is -2.10. The quantitative estimate of drug-likeness (QED) is 0.820. The van der Waals surface area contributed by atoms with Gasteiger partial charge in [0.15, 0.2) is 6.29 Å². The van der Waals surface area contributed by atoms with E-state index in [1.807, 2.05) is 6.07 Å². The number of carbonyl (C=O) groups excluding carboxylic acids is 1. The van der Waals surface area contributed by atoms with Crippen LogP contribution in [0.3, 0.4) is 0 Å². The summed E-state index contributed by atoms with van der Waals surface area (Å²) in [6, 6.07) is 8.67. The molecule has 0 unspecified atom stereocenters. The molecule has 1 aromatic carbocycles. The maximum absolute atomic E-state index is 10.8. The number of nitrogens with zero attached hydrogens (tertiary/aromatic N) is 2. The second-order valence-corrected chi connectivity index (χ2v) is 4.31. The van der Waals surface area contributed by atoms with Gasteiger partial charge in [0.25, 0.3) is 0 Å². The first kappa shape index (κ1) is 10.1. The molecular weight excluding hydrogens is 216 g/mol. The average Bonchev–Trinajstić information content (AvgIpc) is 3.10. The molecule has 0 radical (unpaired) electrons. The monoisotopic (exact) mass is 228 g/mol. The van der Waals surface area contributed by atoms with E-state index >= 15 is 0 Å². The van der Waals surface area contributed by atoms with Crippen LogP contribution in [0.15, 0.2) is 30.3 Å². The van der Waals surface area contributed by atoms with Gasteiger partial charge in [-0.3, -0.25) is 4.79 Å². The Morgan fingerprint density at radius 1 is 1.29 bits per heavy atom. The van der Waals surface area contributed by atoms with E-state index in [1.54, 1.807) is 28.9 Å². The molecule has 0 saturated heterocycles. The first-order valence-electron chi connectivity index (χ1n) is 5.62. The number of hydrogen-bond acceptors (Lipinski definition) is 3. The zero-order chi connectivity index (χ0) is 11.8. The molecule has 1 saturated carbocycles. The van der Waals surface area contributed by atoms with Gasteiger partial charge in [-0.2, -0.15) is 5.10 Å². The maximum atomic E-state index is 10.8. The molecule has 0 atom stereocenters. The number of benzene rings is 1. The van der Waals surface area contributed by atoms with E-state index in [9.17, 15) is 9.90 Å². The molecule has 3 rings (SSSR count). The Labute approximate surface area is 98.5 Å². The van der Waals surface area contributed by atoms with E-state index in [-0.39, 0.29) is 5.75 Å². The fourth-order valence-corrected chi connectivity index (χ4v) is 1.94. The summed E-state index contributed by atoms with van der Waals surface area (Å²) in [5.74, 6) is 0.745. The summed E-state index contributed by atoms with van der Waals surface area (Å²) in [6.45, 7) is 0. The molecule has 17 heavy (non-hydrogen) atoms. The largest absolute Gasteiger partial charge is 0.508 e. The van der Waals surface area contributed by atoms with Gasteiger partial charge in [0.05, 0.1) is 5.69 Å². The predicted molar refractivity (Wildman–Crippen MR) is 62.6 cm³/mol. The third-order valence-corrected chi connectivity index (χ3v) is 2.97. The van der Waals surface area contributed by atoms with Crippen molar-refractivity contribution in [2.24, 2.45) is 0 Å². The van der Waals surface area contributed by atoms with Gasteiger partial charge >= 0.3 is 0 Å². The van der Waals surface area contributed by atoms with Crippen LogP contribution in [0.2, 0.25) is 0 Å². The van der Waals surface area contributed by atoms with Gasteiger partial charge in [-0.1, -0.05) is 0 Å². The minimum Gasteiger partial charge on any atom is -0.508 e. The number of aromatic hydroxyl groups is 1. The summed E-state index contributed by atoms with van der Waals surface area (Å²) in [6.07, 6.45) is 3.08. The van der Waals surface area contributed by atoms with Crippen molar-refractivity contribution in [3.63, 3.8) is 0 Å². The summed E-state index contributed by atoms with van der Waals surface area (Å²) in [4.78, 5) is 10.8. The number of aldehydes is 1. The second kappa shape index (κ2) is 3.73. The Kier molecular flexibility index (Phi) is 2.21. The zero-order valence-corrected chi connectivity index (χ0v) is 9.21. The van der Waals surface area contributed by atoms with Gasteiger partial charge in [0.1, 0.15) is 11.4 Å². The number of phenolic OH excluding ortho intramolecular Hbond substituents is 1. The van der Waals surface area contributed by atoms with Gasteiger partial charge in [-0.05, 0) is 43.2 Å². The average molecular weight is 228 g/mol. The zero-order valence-electron chi connectivity index (χ0n) is 9.21. The van der Waals surface area contributed by atoms with E-state index in [0.29, 0.717) is 11.6 Å². The summed E-state index contributed by atoms with van der Waals surface area (Å²) in [5, 5.41) is 13.5. The number of aromatic nitrogens is 2. The van der Waals surface area contributed by atoms with Crippen molar-refractivity contribution in [3.8, 4) is 11.4 Å². The lowest BCUT2D eigenvalue weighted by molar-refractivity contribution is 0.111. The molecule has 1 aliphatic rings. The van der Waals surface area contributed by atoms with Crippen LogP contribution in [0.1, 0.15) is 34.9 Å². The highest BCUT2D eigenvalue weighted by atomic mass is 16.3. The minimum absolute atomic E-state index is 0.226. The van der Waals surface area contributed by atoms with Gasteiger partial charge in [-0.15, -0.1) is 0 Å². The van der Waals surface area contributed by atoms with E-state index in [2.05, 4.69) is 5.10 Å². The molecule has 0 amide bonds. The Bertz CT molecular complexity index is 553. The predicted octanol–water partition coefficient (Wildman–Crippen LogP) is 2.27. The minimum atomic E-state index is 0.226. The van der Waals surface area contributed by atoms with Crippen molar-refractivity contribution < 1.29 is 9.90 Å². The highest BCUT2D eigenvalue weighted by Crippen LogP contribution is 2.41. The van der Waals surface area contributed by atoms with Crippen molar-refractivity contribution in [1.82, 2.24) is 9.78 Å².